The summed E-state index contributed by atoms with van der Waals surface area (Å²) in [5.74, 6) is -0.980. The molecule has 6 heteroatoms. The van der Waals surface area contributed by atoms with Gasteiger partial charge < -0.3 is 10.4 Å². The second-order valence-corrected chi connectivity index (χ2v) is 5.21. The van der Waals surface area contributed by atoms with Gasteiger partial charge in [0.2, 0.25) is 0 Å². The van der Waals surface area contributed by atoms with Crippen LogP contribution in [0.5, 0.6) is 0 Å². The predicted octanol–water partition coefficient (Wildman–Crippen LogP) is 3.10. The van der Waals surface area contributed by atoms with Gasteiger partial charge in [-0.2, -0.15) is 0 Å². The molecule has 0 radical (unpaired) electrons. The Morgan fingerprint density at radius 1 is 1.26 bits per heavy atom. The number of nitrogens with one attached hydrogen (secondary N) is 2. The molecule has 0 saturated carbocycles. The van der Waals surface area contributed by atoms with Crippen LogP contribution in [0, 0.1) is 0 Å². The van der Waals surface area contributed by atoms with Gasteiger partial charge in [-0.25, -0.2) is 9.59 Å². The van der Waals surface area contributed by atoms with Crippen LogP contribution >= 0.6 is 11.3 Å². The van der Waals surface area contributed by atoms with Crippen LogP contribution in [-0.2, 0) is 12.8 Å². The summed E-state index contributed by atoms with van der Waals surface area (Å²) in [5.41, 5.74) is 1.10. The van der Waals surface area contributed by atoms with Gasteiger partial charge in [0.05, 0.1) is 5.56 Å². The van der Waals surface area contributed by atoms with Crippen LogP contribution in [0.15, 0.2) is 0 Å². The van der Waals surface area contributed by atoms with E-state index in [1.165, 1.54) is 11.3 Å². The molecule has 2 amide bonds. The smallest absolute Gasteiger partial charge is 0.339 e. The van der Waals surface area contributed by atoms with E-state index in [2.05, 4.69) is 10.6 Å². The zero-order chi connectivity index (χ0) is 14.4. The number of aromatic carboxylic acids is 1. The van der Waals surface area contributed by atoms with E-state index in [0.29, 0.717) is 11.5 Å². The monoisotopic (exact) mass is 284 g/mol. The van der Waals surface area contributed by atoms with E-state index in [4.69, 9.17) is 0 Å². The predicted molar refractivity (Wildman–Crippen MR) is 77.3 cm³/mol. The summed E-state index contributed by atoms with van der Waals surface area (Å²) >= 11 is 1.36. The molecule has 0 spiro atoms. The molecule has 0 aliphatic carbocycles. The number of carbonyl (C=O) groups excluding carboxylic acids is 1. The van der Waals surface area contributed by atoms with Crippen LogP contribution in [0.2, 0.25) is 0 Å². The van der Waals surface area contributed by atoms with Crippen LogP contribution in [0.3, 0.4) is 0 Å². The minimum absolute atomic E-state index is 0.245. The number of amides is 2. The maximum atomic E-state index is 11.5. The molecule has 0 unspecified atom stereocenters. The summed E-state index contributed by atoms with van der Waals surface area (Å²) in [6.45, 7) is 6.32. The van der Waals surface area contributed by atoms with Gasteiger partial charge in [-0.05, 0) is 25.3 Å². The Labute approximate surface area is 117 Å². The van der Waals surface area contributed by atoms with E-state index in [1.807, 2.05) is 20.8 Å². The van der Waals surface area contributed by atoms with Crippen molar-refractivity contribution in [2.24, 2.45) is 0 Å². The molecule has 1 heterocycles. The molecule has 0 fully saturated rings. The molecule has 0 atom stereocenters. The molecular weight excluding hydrogens is 264 g/mol. The second-order valence-electron chi connectivity index (χ2n) is 4.10. The number of rotatable bonds is 6. The molecule has 3 N–H and O–H groups in total. The van der Waals surface area contributed by atoms with Gasteiger partial charge in [0.1, 0.15) is 5.00 Å². The lowest BCUT2D eigenvalue weighted by Crippen LogP contribution is -2.28. The van der Waals surface area contributed by atoms with Gasteiger partial charge in [0.25, 0.3) is 0 Å². The quantitative estimate of drug-likeness (QED) is 0.751. The average molecular weight is 284 g/mol. The third-order valence-electron chi connectivity index (χ3n) is 2.69. The fourth-order valence-electron chi connectivity index (χ4n) is 1.93. The van der Waals surface area contributed by atoms with Crippen molar-refractivity contribution in [2.45, 2.75) is 40.0 Å². The zero-order valence-electron chi connectivity index (χ0n) is 11.5. The van der Waals surface area contributed by atoms with Crippen molar-refractivity contribution in [1.82, 2.24) is 5.32 Å². The summed E-state index contributed by atoms with van der Waals surface area (Å²) < 4.78 is 0. The zero-order valence-corrected chi connectivity index (χ0v) is 12.3. The first-order valence-electron chi connectivity index (χ1n) is 6.47. The highest BCUT2D eigenvalue weighted by atomic mass is 32.1. The van der Waals surface area contributed by atoms with E-state index in [9.17, 15) is 14.7 Å². The van der Waals surface area contributed by atoms with Gasteiger partial charge in [-0.15, -0.1) is 11.3 Å². The Kier molecular flexibility index (Phi) is 5.82. The van der Waals surface area contributed by atoms with E-state index in [1.54, 1.807) is 0 Å². The van der Waals surface area contributed by atoms with Crippen molar-refractivity contribution in [1.29, 1.82) is 0 Å². The summed E-state index contributed by atoms with van der Waals surface area (Å²) in [5, 5.41) is 15.0. The molecule has 19 heavy (non-hydrogen) atoms. The molecule has 1 rings (SSSR count). The number of thiophene rings is 1. The normalized spacial score (nSPS) is 10.3. The SMILES string of the molecule is CCCc1c(CC)sc(NC(=O)NCC)c1C(=O)O. The highest BCUT2D eigenvalue weighted by Crippen LogP contribution is 2.34. The van der Waals surface area contributed by atoms with Gasteiger partial charge in [0.15, 0.2) is 0 Å². The van der Waals surface area contributed by atoms with Crippen LogP contribution in [0.4, 0.5) is 9.80 Å². The van der Waals surface area contributed by atoms with Crippen molar-refractivity contribution >= 4 is 28.3 Å². The number of hydrogen-bond donors (Lipinski definition) is 3. The lowest BCUT2D eigenvalue weighted by Gasteiger charge is -2.05. The van der Waals surface area contributed by atoms with Crippen LogP contribution < -0.4 is 10.6 Å². The average Bonchev–Trinajstić information content (AvgIpc) is 2.67. The molecule has 0 aliphatic heterocycles. The molecule has 1 aromatic rings. The summed E-state index contributed by atoms with van der Waals surface area (Å²) in [7, 11) is 0. The minimum Gasteiger partial charge on any atom is -0.478 e. The first-order valence-corrected chi connectivity index (χ1v) is 7.29. The molecular formula is C13H20N2O3S. The Balaban J connectivity index is 3.15. The first kappa shape index (κ1) is 15.5. The molecule has 106 valence electrons. The summed E-state index contributed by atoms with van der Waals surface area (Å²) in [6.07, 6.45) is 2.38. The van der Waals surface area contributed by atoms with Gasteiger partial charge in [-0.1, -0.05) is 20.3 Å². The first-order chi connectivity index (χ1) is 9.04. The van der Waals surface area contributed by atoms with Crippen LogP contribution in [-0.4, -0.2) is 23.7 Å². The van der Waals surface area contributed by atoms with E-state index < -0.39 is 5.97 Å². The fraction of sp³-hybridized carbons (Fsp3) is 0.538. The molecule has 1 aromatic heterocycles. The Morgan fingerprint density at radius 3 is 2.42 bits per heavy atom. The summed E-state index contributed by atoms with van der Waals surface area (Å²) in [4.78, 5) is 24.0. The number of carboxylic acid groups (broad SMARTS) is 1. The van der Waals surface area contributed by atoms with Gasteiger partial charge >= 0.3 is 12.0 Å². The molecule has 0 bridgehead atoms. The number of anilines is 1. The minimum atomic E-state index is -0.980. The van der Waals surface area contributed by atoms with Gasteiger partial charge in [-0.3, -0.25) is 5.32 Å². The number of carboxylic acids is 1. The standard InChI is InChI=1S/C13H20N2O3S/c1-4-7-8-9(5-2)19-11(10(8)12(16)17)15-13(18)14-6-3/h4-7H2,1-3H3,(H,16,17)(H2,14,15,18). The number of urea groups is 1. The molecule has 0 saturated heterocycles. The van der Waals surface area contributed by atoms with Crippen molar-refractivity contribution in [3.63, 3.8) is 0 Å². The highest BCUT2D eigenvalue weighted by Gasteiger charge is 2.23. The highest BCUT2D eigenvalue weighted by molar-refractivity contribution is 7.17. The number of aryl methyl sites for hydroxylation is 1. The lowest BCUT2D eigenvalue weighted by molar-refractivity contribution is 0.0697. The largest absolute Gasteiger partial charge is 0.478 e. The maximum absolute atomic E-state index is 11.5. The van der Waals surface area contributed by atoms with Crippen LogP contribution in [0.1, 0.15) is 48.0 Å². The molecule has 0 aromatic carbocycles. The molecule has 0 aliphatic rings. The Bertz CT molecular complexity index is 469. The van der Waals surface area contributed by atoms with Crippen molar-refractivity contribution in [3.8, 4) is 0 Å². The lowest BCUT2D eigenvalue weighted by atomic mass is 10.0. The second kappa shape index (κ2) is 7.13. The van der Waals surface area contributed by atoms with Crippen molar-refractivity contribution < 1.29 is 14.7 Å². The van der Waals surface area contributed by atoms with E-state index in [0.717, 1.165) is 29.7 Å². The topological polar surface area (TPSA) is 78.4 Å². The van der Waals surface area contributed by atoms with E-state index >= 15 is 0 Å². The third kappa shape index (κ3) is 3.70. The van der Waals surface area contributed by atoms with Crippen molar-refractivity contribution in [2.75, 3.05) is 11.9 Å². The third-order valence-corrected chi connectivity index (χ3v) is 3.98. The fourth-order valence-corrected chi connectivity index (χ4v) is 3.11. The Hall–Kier alpha value is -1.56. The molecule has 5 nitrogen and oxygen atoms in total. The van der Waals surface area contributed by atoms with E-state index in [-0.39, 0.29) is 11.6 Å². The number of hydrogen-bond acceptors (Lipinski definition) is 3. The maximum Gasteiger partial charge on any atom is 0.339 e. The van der Waals surface area contributed by atoms with Crippen molar-refractivity contribution in [3.05, 3.63) is 16.0 Å². The summed E-state index contributed by atoms with van der Waals surface area (Å²) in [6, 6.07) is -0.364. The Morgan fingerprint density at radius 2 is 1.95 bits per heavy atom. The van der Waals surface area contributed by atoms with Gasteiger partial charge in [0, 0.05) is 11.4 Å². The van der Waals surface area contributed by atoms with Crippen LogP contribution in [0.25, 0.3) is 0 Å². The number of carbonyl (C=O) groups is 2.